The highest BCUT2D eigenvalue weighted by Gasteiger charge is 2.47. The number of esters is 1. The molecule has 0 unspecified atom stereocenters. The molecule has 1 aromatic carbocycles. The molecule has 2 atom stereocenters. The summed E-state index contributed by atoms with van der Waals surface area (Å²) in [7, 11) is -0.592. The van der Waals surface area contributed by atoms with E-state index in [1.807, 2.05) is 0 Å². The Morgan fingerprint density at radius 1 is 1.03 bits per heavy atom. The van der Waals surface area contributed by atoms with E-state index in [0.717, 1.165) is 30.0 Å². The third-order valence-corrected chi connectivity index (χ3v) is 7.52. The molecule has 1 aliphatic heterocycles. The highest BCUT2D eigenvalue weighted by atomic mass is 32.2. The molecule has 31 heavy (non-hydrogen) atoms. The van der Waals surface area contributed by atoms with Crippen molar-refractivity contribution in [3.63, 3.8) is 0 Å². The van der Waals surface area contributed by atoms with E-state index in [2.05, 4.69) is 0 Å². The summed E-state index contributed by atoms with van der Waals surface area (Å²) in [4.78, 5) is 38.1. The zero-order chi connectivity index (χ0) is 22.6. The average molecular weight is 453 g/mol. The average Bonchev–Trinajstić information content (AvgIpc) is 3.00. The number of sulfonamides is 1. The first kappa shape index (κ1) is 23.2. The molecule has 0 aromatic heterocycles. The summed E-state index contributed by atoms with van der Waals surface area (Å²) in [6.45, 7) is 0.146. The van der Waals surface area contributed by atoms with Crippen LogP contribution >= 0.6 is 0 Å². The van der Waals surface area contributed by atoms with Crippen LogP contribution in [-0.2, 0) is 29.1 Å². The number of benzene rings is 1. The highest BCUT2D eigenvalue weighted by molar-refractivity contribution is 7.89. The van der Waals surface area contributed by atoms with Gasteiger partial charge in [-0.05, 0) is 37.1 Å². The molecule has 9 nitrogen and oxygen atoms in total. The molecule has 2 amide bonds. The van der Waals surface area contributed by atoms with E-state index in [1.165, 1.54) is 43.3 Å². The Kier molecular flexibility index (Phi) is 7.32. The van der Waals surface area contributed by atoms with Gasteiger partial charge in [-0.1, -0.05) is 12.8 Å². The molecule has 1 saturated heterocycles. The lowest BCUT2D eigenvalue weighted by Gasteiger charge is -2.19. The lowest BCUT2D eigenvalue weighted by atomic mass is 9.81. The van der Waals surface area contributed by atoms with Crippen LogP contribution in [0.3, 0.4) is 0 Å². The molecule has 1 aromatic rings. The molecule has 0 bridgehead atoms. The number of amides is 2. The van der Waals surface area contributed by atoms with E-state index in [1.54, 1.807) is 0 Å². The van der Waals surface area contributed by atoms with Crippen molar-refractivity contribution in [1.82, 2.24) is 9.21 Å². The van der Waals surface area contributed by atoms with E-state index in [-0.39, 0.29) is 54.7 Å². The molecule has 1 aliphatic carbocycles. The van der Waals surface area contributed by atoms with Crippen molar-refractivity contribution >= 4 is 27.8 Å². The van der Waals surface area contributed by atoms with E-state index < -0.39 is 16.0 Å². The molecule has 10 heteroatoms. The molecule has 0 N–H and O–H groups in total. The number of imide groups is 1. The maximum absolute atomic E-state index is 12.4. The third-order valence-electron chi connectivity index (χ3n) is 5.69. The SMILES string of the molecule is CN(C)S(=O)(=O)c1ccc(OCCOC(=O)CCN2C(=O)[C@@H]3CCCC[C@H]3C2=O)cc1. The smallest absolute Gasteiger partial charge is 0.307 e. The fourth-order valence-electron chi connectivity index (χ4n) is 3.96. The number of likely N-dealkylation sites (tertiary alicyclic amines) is 1. The Balaban J connectivity index is 1.38. The van der Waals surface area contributed by atoms with Crippen molar-refractivity contribution in [1.29, 1.82) is 0 Å². The number of hydrogen-bond acceptors (Lipinski definition) is 7. The minimum atomic E-state index is -3.50. The first-order valence-electron chi connectivity index (χ1n) is 10.4. The number of ether oxygens (including phenoxy) is 2. The van der Waals surface area contributed by atoms with Crippen molar-refractivity contribution in [2.45, 2.75) is 37.0 Å². The van der Waals surface area contributed by atoms with Gasteiger partial charge in [-0.3, -0.25) is 19.3 Å². The monoisotopic (exact) mass is 452 g/mol. The Labute approximate surface area is 182 Å². The Hall–Kier alpha value is -2.46. The predicted octanol–water partition coefficient (Wildman–Crippen LogP) is 1.42. The van der Waals surface area contributed by atoms with Gasteiger partial charge >= 0.3 is 5.97 Å². The van der Waals surface area contributed by atoms with Crippen LogP contribution < -0.4 is 4.74 Å². The van der Waals surface area contributed by atoms with Gasteiger partial charge in [-0.25, -0.2) is 12.7 Å². The molecule has 3 rings (SSSR count). The van der Waals surface area contributed by atoms with E-state index in [9.17, 15) is 22.8 Å². The van der Waals surface area contributed by atoms with E-state index in [4.69, 9.17) is 9.47 Å². The van der Waals surface area contributed by atoms with Crippen LogP contribution in [0.15, 0.2) is 29.2 Å². The number of carbonyl (C=O) groups excluding carboxylic acids is 3. The van der Waals surface area contributed by atoms with Gasteiger partial charge in [0.05, 0.1) is 23.2 Å². The molecular formula is C21H28N2O7S. The normalized spacial score (nSPS) is 21.3. The summed E-state index contributed by atoms with van der Waals surface area (Å²) in [6.07, 6.45) is 3.37. The van der Waals surface area contributed by atoms with Crippen LogP contribution in [0.2, 0.25) is 0 Å². The lowest BCUT2D eigenvalue weighted by Crippen LogP contribution is -2.33. The fourth-order valence-corrected chi connectivity index (χ4v) is 4.86. The van der Waals surface area contributed by atoms with Gasteiger partial charge in [0.25, 0.3) is 0 Å². The summed E-state index contributed by atoms with van der Waals surface area (Å²) in [5.74, 6) is -0.818. The van der Waals surface area contributed by atoms with Crippen LogP contribution in [-0.4, -0.2) is 69.3 Å². The first-order chi connectivity index (χ1) is 14.7. The van der Waals surface area contributed by atoms with E-state index >= 15 is 0 Å². The van der Waals surface area contributed by atoms with Gasteiger partial charge in [-0.2, -0.15) is 0 Å². The molecule has 2 aliphatic rings. The fraction of sp³-hybridized carbons (Fsp3) is 0.571. The van der Waals surface area contributed by atoms with Crippen LogP contribution in [0.25, 0.3) is 0 Å². The minimum absolute atomic E-state index is 0.00369. The largest absolute Gasteiger partial charge is 0.490 e. The lowest BCUT2D eigenvalue weighted by molar-refractivity contribution is -0.146. The van der Waals surface area contributed by atoms with Crippen LogP contribution in [0.4, 0.5) is 0 Å². The van der Waals surface area contributed by atoms with Crippen molar-refractivity contribution in [3.05, 3.63) is 24.3 Å². The van der Waals surface area contributed by atoms with Gasteiger partial charge in [-0.15, -0.1) is 0 Å². The van der Waals surface area contributed by atoms with Gasteiger partial charge in [0.1, 0.15) is 19.0 Å². The zero-order valence-electron chi connectivity index (χ0n) is 17.8. The molecule has 170 valence electrons. The molecule has 2 fully saturated rings. The number of carbonyl (C=O) groups is 3. The first-order valence-corrected chi connectivity index (χ1v) is 11.8. The highest BCUT2D eigenvalue weighted by Crippen LogP contribution is 2.37. The van der Waals surface area contributed by atoms with Gasteiger partial charge in [0.2, 0.25) is 21.8 Å². The number of hydrogen-bond donors (Lipinski definition) is 0. The van der Waals surface area contributed by atoms with Crippen LogP contribution in [0.1, 0.15) is 32.1 Å². The molecule has 0 radical (unpaired) electrons. The van der Waals surface area contributed by atoms with Gasteiger partial charge in [0.15, 0.2) is 0 Å². The predicted molar refractivity (Wildman–Crippen MR) is 111 cm³/mol. The second kappa shape index (κ2) is 9.78. The van der Waals surface area contributed by atoms with Gasteiger partial charge in [0, 0.05) is 20.6 Å². The number of fused-ring (bicyclic) bond motifs is 1. The summed E-state index contributed by atoms with van der Waals surface area (Å²) in [5, 5.41) is 0. The quantitative estimate of drug-likeness (QED) is 0.317. The topological polar surface area (TPSA) is 110 Å². The summed E-state index contributed by atoms with van der Waals surface area (Å²) in [5.41, 5.74) is 0. The van der Waals surface area contributed by atoms with E-state index in [0.29, 0.717) is 5.75 Å². The standard InChI is InChI=1S/C21H28N2O7S/c1-22(2)31(27,28)16-9-7-15(8-10-16)29-13-14-30-19(24)11-12-23-20(25)17-5-3-4-6-18(17)21(23)26/h7-10,17-18H,3-6,11-14H2,1-2H3/t17-,18-/m1/s1. The number of rotatable bonds is 9. The maximum atomic E-state index is 12.4. The van der Waals surface area contributed by atoms with Crippen LogP contribution in [0.5, 0.6) is 5.75 Å². The summed E-state index contributed by atoms with van der Waals surface area (Å²) < 4.78 is 35.8. The molecule has 0 spiro atoms. The minimum Gasteiger partial charge on any atom is -0.490 e. The Morgan fingerprint density at radius 2 is 1.61 bits per heavy atom. The van der Waals surface area contributed by atoms with Crippen molar-refractivity contribution < 1.29 is 32.3 Å². The molecule has 1 heterocycles. The van der Waals surface area contributed by atoms with Gasteiger partial charge < -0.3 is 9.47 Å². The van der Waals surface area contributed by atoms with Crippen molar-refractivity contribution in [2.75, 3.05) is 33.9 Å². The molecule has 1 saturated carbocycles. The second-order valence-corrected chi connectivity index (χ2v) is 10.1. The Bertz CT molecular complexity index is 904. The maximum Gasteiger partial charge on any atom is 0.307 e. The summed E-state index contributed by atoms with van der Waals surface area (Å²) in [6, 6.07) is 5.95. The summed E-state index contributed by atoms with van der Waals surface area (Å²) >= 11 is 0. The zero-order valence-corrected chi connectivity index (χ0v) is 18.6. The van der Waals surface area contributed by atoms with Crippen LogP contribution in [0, 0.1) is 11.8 Å². The number of nitrogens with zero attached hydrogens (tertiary/aromatic N) is 2. The second-order valence-electron chi connectivity index (χ2n) is 7.90. The Morgan fingerprint density at radius 3 is 2.16 bits per heavy atom. The molecular weight excluding hydrogens is 424 g/mol. The van der Waals surface area contributed by atoms with Crippen molar-refractivity contribution in [3.8, 4) is 5.75 Å². The van der Waals surface area contributed by atoms with Crippen molar-refractivity contribution in [2.24, 2.45) is 11.8 Å². The third kappa shape index (κ3) is 5.24.